The minimum atomic E-state index is -4.68. The minimum absolute atomic E-state index is 0.00595. The van der Waals surface area contributed by atoms with Crippen molar-refractivity contribution >= 4 is 28.9 Å². The van der Waals surface area contributed by atoms with Crippen LogP contribution in [0.5, 0.6) is 0 Å². The van der Waals surface area contributed by atoms with E-state index in [-0.39, 0.29) is 31.1 Å². The maximum absolute atomic E-state index is 13.0. The van der Waals surface area contributed by atoms with Crippen LogP contribution in [-0.4, -0.2) is 60.9 Å². The lowest BCUT2D eigenvalue weighted by Crippen LogP contribution is -2.50. The Kier molecular flexibility index (Phi) is 7.72. The van der Waals surface area contributed by atoms with Gasteiger partial charge in [-0.2, -0.15) is 13.2 Å². The van der Waals surface area contributed by atoms with E-state index in [9.17, 15) is 32.9 Å². The number of piperazine rings is 1. The largest absolute Gasteiger partial charge is 0.416 e. The van der Waals surface area contributed by atoms with Crippen molar-refractivity contribution < 1.29 is 27.7 Å². The zero-order valence-corrected chi connectivity index (χ0v) is 18.2. The molecule has 1 aliphatic rings. The van der Waals surface area contributed by atoms with Gasteiger partial charge in [0.05, 0.1) is 17.0 Å². The monoisotopic (exact) mass is 479 g/mol. The third kappa shape index (κ3) is 6.22. The Labute approximate surface area is 193 Å². The van der Waals surface area contributed by atoms with E-state index in [1.165, 1.54) is 4.90 Å². The second-order valence-electron chi connectivity index (χ2n) is 7.82. The summed E-state index contributed by atoms with van der Waals surface area (Å²) >= 11 is 0. The topological polar surface area (TPSA) is 113 Å². The number of rotatable bonds is 8. The standard InChI is InChI=1S/C22H24F3N5O4/c23-22(24,25)16-6-7-18(19(14-16)30(33)34)28-12-10-27(11-13-28)15-21(32)29(9-8-20(26)31)17-4-2-1-3-5-17/h1-7,14H,8-13,15H2,(H2,26,31). The molecule has 3 rings (SSSR count). The number of benzene rings is 2. The first kappa shape index (κ1) is 25.0. The number of hydrogen-bond acceptors (Lipinski definition) is 6. The maximum atomic E-state index is 13.0. The van der Waals surface area contributed by atoms with Gasteiger partial charge in [0.2, 0.25) is 11.8 Å². The van der Waals surface area contributed by atoms with Crippen molar-refractivity contribution in [2.75, 3.05) is 49.1 Å². The predicted molar refractivity (Wildman–Crippen MR) is 119 cm³/mol. The van der Waals surface area contributed by atoms with E-state index in [2.05, 4.69) is 0 Å². The molecule has 2 N–H and O–H groups in total. The van der Waals surface area contributed by atoms with Crippen LogP contribution in [0, 0.1) is 10.1 Å². The molecular weight excluding hydrogens is 455 g/mol. The van der Waals surface area contributed by atoms with Crippen molar-refractivity contribution in [2.45, 2.75) is 12.6 Å². The van der Waals surface area contributed by atoms with Crippen LogP contribution in [0.2, 0.25) is 0 Å². The molecule has 2 aromatic rings. The Morgan fingerprint density at radius 2 is 1.71 bits per heavy atom. The highest BCUT2D eigenvalue weighted by atomic mass is 19.4. The lowest BCUT2D eigenvalue weighted by molar-refractivity contribution is -0.384. The third-order valence-corrected chi connectivity index (χ3v) is 5.52. The summed E-state index contributed by atoms with van der Waals surface area (Å²) in [5, 5.41) is 11.4. The van der Waals surface area contributed by atoms with E-state index >= 15 is 0 Å². The number of alkyl halides is 3. The number of nitro benzene ring substituents is 1. The summed E-state index contributed by atoms with van der Waals surface area (Å²) in [6, 6.07) is 11.3. The lowest BCUT2D eigenvalue weighted by Gasteiger charge is -2.36. The fraction of sp³-hybridized carbons (Fsp3) is 0.364. The molecule has 12 heteroatoms. The highest BCUT2D eigenvalue weighted by molar-refractivity contribution is 5.95. The van der Waals surface area contributed by atoms with E-state index in [4.69, 9.17) is 5.73 Å². The Hall–Kier alpha value is -3.67. The second kappa shape index (κ2) is 10.5. The molecule has 1 heterocycles. The first-order chi connectivity index (χ1) is 16.1. The van der Waals surface area contributed by atoms with Crippen LogP contribution in [-0.2, 0) is 15.8 Å². The molecule has 0 radical (unpaired) electrons. The molecule has 2 aromatic carbocycles. The molecule has 0 bridgehead atoms. The molecule has 0 unspecified atom stereocenters. The molecule has 0 saturated carbocycles. The number of anilines is 2. The summed E-state index contributed by atoms with van der Waals surface area (Å²) in [5.74, 6) is -0.762. The normalized spacial score (nSPS) is 14.6. The van der Waals surface area contributed by atoms with E-state index < -0.39 is 28.3 Å². The molecule has 1 saturated heterocycles. The zero-order chi connectivity index (χ0) is 24.9. The Morgan fingerprint density at radius 3 is 2.26 bits per heavy atom. The van der Waals surface area contributed by atoms with Crippen LogP contribution in [0.1, 0.15) is 12.0 Å². The molecule has 0 aromatic heterocycles. The molecule has 9 nitrogen and oxygen atoms in total. The Balaban J connectivity index is 1.67. The highest BCUT2D eigenvalue weighted by Gasteiger charge is 2.34. The summed E-state index contributed by atoms with van der Waals surface area (Å²) < 4.78 is 38.9. The van der Waals surface area contributed by atoms with Crippen molar-refractivity contribution in [3.63, 3.8) is 0 Å². The summed E-state index contributed by atoms with van der Waals surface area (Å²) in [6.45, 7) is 1.54. The second-order valence-corrected chi connectivity index (χ2v) is 7.82. The molecule has 0 aliphatic carbocycles. The average molecular weight is 479 g/mol. The van der Waals surface area contributed by atoms with Gasteiger partial charge < -0.3 is 15.5 Å². The van der Waals surface area contributed by atoms with Crippen molar-refractivity contribution in [1.82, 2.24) is 4.90 Å². The van der Waals surface area contributed by atoms with Crippen molar-refractivity contribution in [2.24, 2.45) is 5.73 Å². The lowest BCUT2D eigenvalue weighted by atomic mass is 10.1. The highest BCUT2D eigenvalue weighted by Crippen LogP contribution is 2.36. The van der Waals surface area contributed by atoms with E-state index in [1.54, 1.807) is 35.2 Å². The van der Waals surface area contributed by atoms with Gasteiger partial charge in [0.25, 0.3) is 5.69 Å². The molecule has 1 fully saturated rings. The van der Waals surface area contributed by atoms with Crippen LogP contribution in [0.4, 0.5) is 30.2 Å². The van der Waals surface area contributed by atoms with Gasteiger partial charge in [-0.1, -0.05) is 18.2 Å². The predicted octanol–water partition coefficient (Wildman–Crippen LogP) is 2.64. The minimum Gasteiger partial charge on any atom is -0.370 e. The summed E-state index contributed by atoms with van der Waals surface area (Å²) in [7, 11) is 0. The van der Waals surface area contributed by atoms with Gasteiger partial charge >= 0.3 is 6.18 Å². The molecule has 34 heavy (non-hydrogen) atoms. The number of hydrogen-bond donors (Lipinski definition) is 1. The average Bonchev–Trinajstić information content (AvgIpc) is 2.79. The van der Waals surface area contributed by atoms with E-state index in [1.807, 2.05) is 4.90 Å². The number of nitrogens with two attached hydrogens (primary N) is 1. The number of nitro groups is 1. The zero-order valence-electron chi connectivity index (χ0n) is 18.2. The van der Waals surface area contributed by atoms with Crippen LogP contribution < -0.4 is 15.5 Å². The summed E-state index contributed by atoms with van der Waals surface area (Å²) in [4.78, 5) is 39.7. The molecule has 1 aliphatic heterocycles. The number of halogens is 3. The van der Waals surface area contributed by atoms with Crippen LogP contribution in [0.25, 0.3) is 0 Å². The summed E-state index contributed by atoms with van der Waals surface area (Å²) in [5.41, 5.74) is 4.29. The van der Waals surface area contributed by atoms with Gasteiger partial charge in [0.15, 0.2) is 0 Å². The van der Waals surface area contributed by atoms with Gasteiger partial charge in [-0.05, 0) is 24.3 Å². The summed E-state index contributed by atoms with van der Waals surface area (Å²) in [6.07, 6.45) is -4.67. The van der Waals surface area contributed by atoms with Gasteiger partial charge in [0, 0.05) is 50.9 Å². The number of para-hydroxylation sites is 1. The Morgan fingerprint density at radius 1 is 1.06 bits per heavy atom. The first-order valence-corrected chi connectivity index (χ1v) is 10.5. The van der Waals surface area contributed by atoms with Crippen molar-refractivity contribution in [3.05, 3.63) is 64.2 Å². The number of amides is 2. The van der Waals surface area contributed by atoms with Crippen molar-refractivity contribution in [3.8, 4) is 0 Å². The Bertz CT molecular complexity index is 1040. The quantitative estimate of drug-likeness (QED) is 0.460. The van der Waals surface area contributed by atoms with Crippen LogP contribution >= 0.6 is 0 Å². The first-order valence-electron chi connectivity index (χ1n) is 10.5. The number of carbonyl (C=O) groups excluding carboxylic acids is 2. The fourth-order valence-electron chi connectivity index (χ4n) is 3.76. The van der Waals surface area contributed by atoms with Gasteiger partial charge in [0.1, 0.15) is 5.69 Å². The molecule has 0 atom stereocenters. The molecular formula is C22H24F3N5O4. The number of primary amides is 1. The molecule has 0 spiro atoms. The smallest absolute Gasteiger partial charge is 0.370 e. The number of nitrogens with zero attached hydrogens (tertiary/aromatic N) is 4. The van der Waals surface area contributed by atoms with E-state index in [0.29, 0.717) is 37.9 Å². The van der Waals surface area contributed by atoms with Crippen LogP contribution in [0.3, 0.4) is 0 Å². The fourth-order valence-corrected chi connectivity index (χ4v) is 3.76. The van der Waals surface area contributed by atoms with Gasteiger partial charge in [-0.15, -0.1) is 0 Å². The van der Waals surface area contributed by atoms with Gasteiger partial charge in [-0.3, -0.25) is 24.6 Å². The van der Waals surface area contributed by atoms with Gasteiger partial charge in [-0.25, -0.2) is 0 Å². The van der Waals surface area contributed by atoms with Crippen molar-refractivity contribution in [1.29, 1.82) is 0 Å². The SMILES string of the molecule is NC(=O)CCN(C(=O)CN1CCN(c2ccc(C(F)(F)F)cc2[N+](=O)[O-])CC1)c1ccccc1. The third-order valence-electron chi connectivity index (χ3n) is 5.52. The van der Waals surface area contributed by atoms with E-state index in [0.717, 1.165) is 12.1 Å². The van der Waals surface area contributed by atoms with Crippen LogP contribution in [0.15, 0.2) is 48.5 Å². The molecule has 2 amide bonds. The maximum Gasteiger partial charge on any atom is 0.416 e. The molecule has 182 valence electrons. The number of carbonyl (C=O) groups is 2.